The number of hydrogen-bond donors (Lipinski definition) is 2. The fourth-order valence-electron chi connectivity index (χ4n) is 2.72. The second-order valence-corrected chi connectivity index (χ2v) is 5.38. The molecule has 1 aliphatic rings. The van der Waals surface area contributed by atoms with Gasteiger partial charge in [0.05, 0.1) is 37.1 Å². The zero-order valence-corrected chi connectivity index (χ0v) is 12.0. The third-order valence-electron chi connectivity index (χ3n) is 4.00. The lowest BCUT2D eigenvalue weighted by Crippen LogP contribution is -2.15. The molecule has 0 radical (unpaired) electrons. The van der Waals surface area contributed by atoms with E-state index in [1.54, 1.807) is 12.7 Å². The number of aromatic nitrogens is 2. The third-order valence-corrected chi connectivity index (χ3v) is 4.00. The summed E-state index contributed by atoms with van der Waals surface area (Å²) < 4.78 is 0. The van der Waals surface area contributed by atoms with Gasteiger partial charge in [-0.25, -0.2) is 4.98 Å². The van der Waals surface area contributed by atoms with E-state index in [2.05, 4.69) is 68.8 Å². The van der Waals surface area contributed by atoms with Crippen LogP contribution in [0.2, 0.25) is 0 Å². The number of aliphatic imine (C=N–C) groups is 1. The van der Waals surface area contributed by atoms with Gasteiger partial charge in [0.15, 0.2) is 0 Å². The fourth-order valence-corrected chi connectivity index (χ4v) is 2.72. The topological polar surface area (TPSA) is 53.1 Å². The molecule has 4 heteroatoms. The summed E-state index contributed by atoms with van der Waals surface area (Å²) in [6.45, 7) is 0.818. The second kappa shape index (κ2) is 5.48. The van der Waals surface area contributed by atoms with E-state index < -0.39 is 0 Å². The molecule has 1 atom stereocenters. The Morgan fingerprint density at radius 2 is 1.55 bits per heavy atom. The molecule has 1 unspecified atom stereocenters. The largest absolute Gasteiger partial charge is 0.368 e. The van der Waals surface area contributed by atoms with Gasteiger partial charge in [-0.1, -0.05) is 48.5 Å². The van der Waals surface area contributed by atoms with Crippen molar-refractivity contribution in [3.05, 3.63) is 66.6 Å². The average Bonchev–Trinajstić information content (AvgIpc) is 3.29. The van der Waals surface area contributed by atoms with Crippen molar-refractivity contribution in [1.29, 1.82) is 0 Å². The number of H-pyrrole nitrogens is 1. The lowest BCUT2D eigenvalue weighted by Gasteiger charge is -2.11. The highest BCUT2D eigenvalue weighted by Crippen LogP contribution is 2.25. The van der Waals surface area contributed by atoms with E-state index in [9.17, 15) is 0 Å². The van der Waals surface area contributed by atoms with Crippen LogP contribution in [0, 0.1) is 0 Å². The lowest BCUT2D eigenvalue weighted by molar-refractivity contribution is 0.713. The van der Waals surface area contributed by atoms with Crippen molar-refractivity contribution in [2.24, 2.45) is 4.99 Å². The zero-order chi connectivity index (χ0) is 14.8. The van der Waals surface area contributed by atoms with Gasteiger partial charge in [0.2, 0.25) is 0 Å². The SMILES string of the molecule is C1=NCC(c2ccc(-c3ccc(-c4cnc[nH]4)cc3)cc2)N1. The van der Waals surface area contributed by atoms with Crippen LogP contribution >= 0.6 is 0 Å². The van der Waals surface area contributed by atoms with Crippen LogP contribution in [0.5, 0.6) is 0 Å². The predicted molar refractivity (Wildman–Crippen MR) is 88.7 cm³/mol. The Labute approximate surface area is 129 Å². The molecule has 4 nitrogen and oxygen atoms in total. The predicted octanol–water partition coefficient (Wildman–Crippen LogP) is 3.42. The van der Waals surface area contributed by atoms with E-state index in [1.807, 2.05) is 6.20 Å². The fraction of sp³-hybridized carbons (Fsp3) is 0.111. The minimum absolute atomic E-state index is 0.316. The van der Waals surface area contributed by atoms with E-state index >= 15 is 0 Å². The summed E-state index contributed by atoms with van der Waals surface area (Å²) in [4.78, 5) is 11.4. The molecular formula is C18H16N4. The van der Waals surface area contributed by atoms with Gasteiger partial charge in [-0.15, -0.1) is 0 Å². The monoisotopic (exact) mass is 288 g/mol. The molecule has 108 valence electrons. The number of nitrogens with zero attached hydrogens (tertiary/aromatic N) is 2. The van der Waals surface area contributed by atoms with E-state index in [-0.39, 0.29) is 0 Å². The molecule has 0 saturated heterocycles. The molecule has 0 amide bonds. The molecule has 0 aliphatic carbocycles. The smallest absolute Gasteiger partial charge is 0.0924 e. The van der Waals surface area contributed by atoms with Gasteiger partial charge in [0, 0.05) is 0 Å². The van der Waals surface area contributed by atoms with Crippen molar-refractivity contribution in [2.45, 2.75) is 6.04 Å². The van der Waals surface area contributed by atoms with E-state index in [0.717, 1.165) is 17.8 Å². The first-order valence-corrected chi connectivity index (χ1v) is 7.34. The van der Waals surface area contributed by atoms with Crippen LogP contribution in [0.4, 0.5) is 0 Å². The van der Waals surface area contributed by atoms with Crippen molar-refractivity contribution >= 4 is 6.34 Å². The average molecular weight is 288 g/mol. The van der Waals surface area contributed by atoms with Crippen molar-refractivity contribution in [3.63, 3.8) is 0 Å². The Morgan fingerprint density at radius 3 is 2.14 bits per heavy atom. The number of nitrogens with one attached hydrogen (secondary N) is 2. The van der Waals surface area contributed by atoms with Crippen molar-refractivity contribution < 1.29 is 0 Å². The Hall–Kier alpha value is -2.88. The maximum absolute atomic E-state index is 4.21. The third kappa shape index (κ3) is 2.39. The highest BCUT2D eigenvalue weighted by Gasteiger charge is 2.12. The van der Waals surface area contributed by atoms with Crippen LogP contribution in [0.3, 0.4) is 0 Å². The molecule has 0 saturated carbocycles. The van der Waals surface area contributed by atoms with E-state index in [1.165, 1.54) is 16.7 Å². The van der Waals surface area contributed by atoms with Crippen LogP contribution in [-0.4, -0.2) is 22.9 Å². The minimum atomic E-state index is 0.316. The van der Waals surface area contributed by atoms with Crippen LogP contribution in [0.15, 0.2) is 66.0 Å². The number of hydrogen-bond acceptors (Lipinski definition) is 3. The maximum Gasteiger partial charge on any atom is 0.0924 e. The number of rotatable bonds is 3. The Bertz CT molecular complexity index is 763. The normalized spacial score (nSPS) is 16.6. The number of imidazole rings is 1. The quantitative estimate of drug-likeness (QED) is 0.776. The molecule has 2 heterocycles. The van der Waals surface area contributed by atoms with Gasteiger partial charge in [0.25, 0.3) is 0 Å². The molecule has 0 fully saturated rings. The summed E-state index contributed by atoms with van der Waals surface area (Å²) >= 11 is 0. The number of aromatic amines is 1. The highest BCUT2D eigenvalue weighted by molar-refractivity contribution is 5.69. The molecule has 2 N–H and O–H groups in total. The molecule has 1 aromatic heterocycles. The summed E-state index contributed by atoms with van der Waals surface area (Å²) in [7, 11) is 0. The molecule has 0 spiro atoms. The Morgan fingerprint density at radius 1 is 0.864 bits per heavy atom. The van der Waals surface area contributed by atoms with Gasteiger partial charge < -0.3 is 10.3 Å². The highest BCUT2D eigenvalue weighted by atomic mass is 15.1. The van der Waals surface area contributed by atoms with Crippen molar-refractivity contribution in [3.8, 4) is 22.4 Å². The van der Waals surface area contributed by atoms with E-state index in [4.69, 9.17) is 0 Å². The minimum Gasteiger partial charge on any atom is -0.368 e. The van der Waals surface area contributed by atoms with Gasteiger partial charge in [-0.3, -0.25) is 4.99 Å². The van der Waals surface area contributed by atoms with Crippen LogP contribution in [0.25, 0.3) is 22.4 Å². The first-order valence-electron chi connectivity index (χ1n) is 7.34. The summed E-state index contributed by atoms with van der Waals surface area (Å²) in [6, 6.07) is 17.5. The van der Waals surface area contributed by atoms with E-state index in [0.29, 0.717) is 6.04 Å². The maximum atomic E-state index is 4.21. The zero-order valence-electron chi connectivity index (χ0n) is 12.0. The van der Waals surface area contributed by atoms with Crippen LogP contribution in [0.1, 0.15) is 11.6 Å². The van der Waals surface area contributed by atoms with Crippen molar-refractivity contribution in [2.75, 3.05) is 6.54 Å². The summed E-state index contributed by atoms with van der Waals surface area (Å²) in [5, 5.41) is 3.25. The standard InChI is InChI=1S/C18H16N4/c1-5-15(17-9-19-11-21-17)6-2-13(1)14-3-7-16(8-4-14)18-10-20-12-22-18/h1-9,11-12,18H,10H2,(H,19,21)(H,20,22). The number of benzene rings is 2. The van der Waals surface area contributed by atoms with Gasteiger partial charge >= 0.3 is 0 Å². The molecule has 1 aliphatic heterocycles. The summed E-state index contributed by atoms with van der Waals surface area (Å²) in [6.07, 6.45) is 5.32. The first kappa shape index (κ1) is 12.8. The molecule has 4 rings (SSSR count). The van der Waals surface area contributed by atoms with Crippen LogP contribution in [-0.2, 0) is 0 Å². The van der Waals surface area contributed by atoms with Gasteiger partial charge in [-0.2, -0.15) is 0 Å². The molecule has 22 heavy (non-hydrogen) atoms. The summed E-state index contributed by atoms with van der Waals surface area (Å²) in [5.41, 5.74) is 5.89. The van der Waals surface area contributed by atoms with Crippen molar-refractivity contribution in [1.82, 2.24) is 15.3 Å². The molecular weight excluding hydrogens is 272 g/mol. The first-order chi connectivity index (χ1) is 10.9. The summed E-state index contributed by atoms with van der Waals surface area (Å²) in [5.74, 6) is 0. The van der Waals surface area contributed by atoms with Gasteiger partial charge in [0.1, 0.15) is 0 Å². The van der Waals surface area contributed by atoms with Gasteiger partial charge in [-0.05, 0) is 22.3 Å². The lowest BCUT2D eigenvalue weighted by atomic mass is 10.00. The Kier molecular flexibility index (Phi) is 3.20. The molecule has 3 aromatic rings. The van der Waals surface area contributed by atoms with Crippen LogP contribution < -0.4 is 5.32 Å². The Balaban J connectivity index is 1.56. The molecule has 0 bridgehead atoms. The second-order valence-electron chi connectivity index (χ2n) is 5.38. The molecule has 2 aromatic carbocycles.